The van der Waals surface area contributed by atoms with Gasteiger partial charge in [0.15, 0.2) is 0 Å². The number of benzene rings is 1. The van der Waals surface area contributed by atoms with Crippen molar-refractivity contribution in [2.75, 3.05) is 33.4 Å². The molecule has 3 rings (SSSR count). The number of nitrogens with one attached hydrogen (secondary N) is 1. The maximum Gasteiger partial charge on any atom is 0.251 e. The first kappa shape index (κ1) is 21.5. The Labute approximate surface area is 176 Å². The largest absolute Gasteiger partial charge is 0.494 e. The van der Waals surface area contributed by atoms with Gasteiger partial charge in [0.2, 0.25) is 0 Å². The summed E-state index contributed by atoms with van der Waals surface area (Å²) in [5, 5.41) is 22.8. The Morgan fingerprint density at radius 2 is 1.87 bits per heavy atom. The SMILES string of the molecule is CN1C(c2ccccn2)=CC(OCCCNC(=O)c2ccccc2)=CC1(CO)CO. The van der Waals surface area contributed by atoms with Gasteiger partial charge in [0.1, 0.15) is 11.3 Å². The molecule has 7 heteroatoms. The van der Waals surface area contributed by atoms with Crippen LogP contribution in [-0.2, 0) is 4.74 Å². The van der Waals surface area contributed by atoms with Crippen LogP contribution in [-0.4, -0.2) is 65.0 Å². The minimum atomic E-state index is -0.988. The lowest BCUT2D eigenvalue weighted by Gasteiger charge is -2.42. The molecule has 1 aliphatic heterocycles. The van der Waals surface area contributed by atoms with Crippen molar-refractivity contribution >= 4 is 11.6 Å². The highest BCUT2D eigenvalue weighted by atomic mass is 16.5. The highest BCUT2D eigenvalue weighted by Crippen LogP contribution is 2.32. The second kappa shape index (κ2) is 10.0. The minimum Gasteiger partial charge on any atom is -0.494 e. The number of aliphatic hydroxyl groups is 2. The summed E-state index contributed by atoms with van der Waals surface area (Å²) in [7, 11) is 1.80. The molecule has 1 aromatic carbocycles. The topological polar surface area (TPSA) is 94.9 Å². The van der Waals surface area contributed by atoms with E-state index in [-0.39, 0.29) is 19.1 Å². The number of aromatic nitrogens is 1. The Morgan fingerprint density at radius 1 is 1.13 bits per heavy atom. The summed E-state index contributed by atoms with van der Waals surface area (Å²) < 4.78 is 5.89. The second-order valence-electron chi connectivity index (χ2n) is 7.09. The van der Waals surface area contributed by atoms with Crippen LogP contribution < -0.4 is 5.32 Å². The molecule has 0 bridgehead atoms. The van der Waals surface area contributed by atoms with E-state index in [1.807, 2.05) is 47.4 Å². The van der Waals surface area contributed by atoms with Gasteiger partial charge in [-0.1, -0.05) is 24.3 Å². The van der Waals surface area contributed by atoms with E-state index in [1.165, 1.54) is 0 Å². The quantitative estimate of drug-likeness (QED) is 0.547. The van der Waals surface area contributed by atoms with Crippen LogP contribution in [0.3, 0.4) is 0 Å². The number of nitrogens with zero attached hydrogens (tertiary/aromatic N) is 2. The molecule has 2 heterocycles. The van der Waals surface area contributed by atoms with Gasteiger partial charge in [-0.2, -0.15) is 0 Å². The highest BCUT2D eigenvalue weighted by molar-refractivity contribution is 5.94. The molecule has 1 aromatic heterocycles. The average Bonchev–Trinajstić information content (AvgIpc) is 2.80. The number of hydrogen-bond acceptors (Lipinski definition) is 6. The molecule has 0 radical (unpaired) electrons. The lowest BCUT2D eigenvalue weighted by Crippen LogP contribution is -2.51. The predicted octanol–water partition coefficient (Wildman–Crippen LogP) is 1.81. The van der Waals surface area contributed by atoms with Crippen molar-refractivity contribution in [3.8, 4) is 0 Å². The van der Waals surface area contributed by atoms with Crippen LogP contribution in [0.2, 0.25) is 0 Å². The number of allylic oxidation sites excluding steroid dienone is 1. The summed E-state index contributed by atoms with van der Waals surface area (Å²) in [5.41, 5.74) is 1.09. The number of likely N-dealkylation sites (N-methyl/N-ethyl adjacent to an activating group) is 1. The Bertz CT molecular complexity index is 893. The maximum absolute atomic E-state index is 12.1. The third-order valence-electron chi connectivity index (χ3n) is 5.11. The Balaban J connectivity index is 1.62. The van der Waals surface area contributed by atoms with Crippen LogP contribution in [0.4, 0.5) is 0 Å². The van der Waals surface area contributed by atoms with E-state index in [0.717, 1.165) is 11.4 Å². The molecule has 0 fully saturated rings. The molecule has 0 saturated heterocycles. The summed E-state index contributed by atoms with van der Waals surface area (Å²) in [6, 6.07) is 14.6. The number of pyridine rings is 1. The molecule has 0 atom stereocenters. The van der Waals surface area contributed by atoms with Crippen molar-refractivity contribution in [1.29, 1.82) is 0 Å². The van der Waals surface area contributed by atoms with Gasteiger partial charge in [-0.05, 0) is 36.8 Å². The smallest absolute Gasteiger partial charge is 0.251 e. The molecular weight excluding hydrogens is 382 g/mol. The molecule has 1 aliphatic rings. The van der Waals surface area contributed by atoms with Crippen molar-refractivity contribution < 1.29 is 19.7 Å². The number of rotatable bonds is 9. The van der Waals surface area contributed by atoms with E-state index in [9.17, 15) is 15.0 Å². The van der Waals surface area contributed by atoms with Gasteiger partial charge < -0.3 is 25.2 Å². The van der Waals surface area contributed by atoms with Crippen LogP contribution in [0.25, 0.3) is 5.70 Å². The lowest BCUT2D eigenvalue weighted by atomic mass is 9.93. The monoisotopic (exact) mass is 409 g/mol. The molecule has 0 saturated carbocycles. The fourth-order valence-corrected chi connectivity index (χ4v) is 3.23. The van der Waals surface area contributed by atoms with Crippen LogP contribution >= 0.6 is 0 Å². The third-order valence-corrected chi connectivity index (χ3v) is 5.11. The van der Waals surface area contributed by atoms with Gasteiger partial charge in [0.05, 0.1) is 31.2 Å². The summed E-state index contributed by atoms with van der Waals surface area (Å²) in [4.78, 5) is 18.3. The van der Waals surface area contributed by atoms with Crippen molar-refractivity contribution in [3.63, 3.8) is 0 Å². The average molecular weight is 409 g/mol. The van der Waals surface area contributed by atoms with Crippen LogP contribution in [0.15, 0.2) is 72.6 Å². The summed E-state index contributed by atoms with van der Waals surface area (Å²) in [6.07, 6.45) is 5.87. The van der Waals surface area contributed by atoms with E-state index in [0.29, 0.717) is 30.9 Å². The van der Waals surface area contributed by atoms with E-state index in [2.05, 4.69) is 10.3 Å². The minimum absolute atomic E-state index is 0.119. The molecule has 1 amide bonds. The molecule has 30 heavy (non-hydrogen) atoms. The first-order chi connectivity index (χ1) is 14.6. The van der Waals surface area contributed by atoms with Gasteiger partial charge in [-0.3, -0.25) is 9.78 Å². The summed E-state index contributed by atoms with van der Waals surface area (Å²) >= 11 is 0. The molecule has 7 nitrogen and oxygen atoms in total. The Morgan fingerprint density at radius 3 is 2.53 bits per heavy atom. The zero-order valence-corrected chi connectivity index (χ0v) is 17.0. The van der Waals surface area contributed by atoms with Gasteiger partial charge in [-0.25, -0.2) is 0 Å². The van der Waals surface area contributed by atoms with E-state index < -0.39 is 5.54 Å². The van der Waals surface area contributed by atoms with Crippen molar-refractivity contribution in [2.45, 2.75) is 12.0 Å². The molecule has 3 N–H and O–H groups in total. The molecule has 0 spiro atoms. The normalized spacial score (nSPS) is 15.2. The fraction of sp³-hybridized carbons (Fsp3) is 0.304. The predicted molar refractivity (Wildman–Crippen MR) is 114 cm³/mol. The van der Waals surface area contributed by atoms with Crippen LogP contribution in [0, 0.1) is 0 Å². The van der Waals surface area contributed by atoms with Gasteiger partial charge in [0.25, 0.3) is 5.91 Å². The standard InChI is InChI=1S/C23H27N3O4/c1-26-21(20-10-5-6-11-24-20)14-19(15-23(26,16-27)17-28)30-13-7-12-25-22(29)18-8-3-2-4-9-18/h2-6,8-11,14-15,27-28H,7,12-13,16-17H2,1H3,(H,25,29). The van der Waals surface area contributed by atoms with Crippen molar-refractivity contribution in [1.82, 2.24) is 15.2 Å². The Hall–Kier alpha value is -3.16. The van der Waals surface area contributed by atoms with Gasteiger partial charge >= 0.3 is 0 Å². The molecule has 0 unspecified atom stereocenters. The fourth-order valence-electron chi connectivity index (χ4n) is 3.23. The number of carbonyl (C=O) groups excluding carboxylic acids is 1. The zero-order chi connectivity index (χ0) is 21.4. The third kappa shape index (κ3) is 4.87. The van der Waals surface area contributed by atoms with E-state index in [4.69, 9.17) is 4.74 Å². The second-order valence-corrected chi connectivity index (χ2v) is 7.09. The molecule has 158 valence electrons. The number of carbonyl (C=O) groups is 1. The zero-order valence-electron chi connectivity index (χ0n) is 17.0. The van der Waals surface area contributed by atoms with Crippen LogP contribution in [0.1, 0.15) is 22.5 Å². The molecule has 2 aromatic rings. The Kier molecular flexibility index (Phi) is 7.21. The first-order valence-electron chi connectivity index (χ1n) is 9.87. The van der Waals surface area contributed by atoms with Gasteiger partial charge in [0, 0.05) is 31.4 Å². The number of aliphatic hydroxyl groups excluding tert-OH is 2. The maximum atomic E-state index is 12.1. The van der Waals surface area contributed by atoms with E-state index in [1.54, 1.807) is 31.5 Å². The molecular formula is C23H27N3O4. The van der Waals surface area contributed by atoms with Crippen LogP contribution in [0.5, 0.6) is 0 Å². The number of amides is 1. The van der Waals surface area contributed by atoms with Crippen molar-refractivity contribution in [3.05, 3.63) is 83.9 Å². The summed E-state index contributed by atoms with van der Waals surface area (Å²) in [5.74, 6) is 0.428. The summed E-state index contributed by atoms with van der Waals surface area (Å²) in [6.45, 7) is 0.306. The lowest BCUT2D eigenvalue weighted by molar-refractivity contribution is 0.0625. The van der Waals surface area contributed by atoms with E-state index >= 15 is 0 Å². The number of ether oxygens (including phenoxy) is 1. The molecule has 0 aliphatic carbocycles. The van der Waals surface area contributed by atoms with Crippen molar-refractivity contribution in [2.24, 2.45) is 0 Å². The van der Waals surface area contributed by atoms with Gasteiger partial charge in [-0.15, -0.1) is 0 Å². The highest BCUT2D eigenvalue weighted by Gasteiger charge is 2.37. The first-order valence-corrected chi connectivity index (χ1v) is 9.87. The number of hydrogen-bond donors (Lipinski definition) is 3.